The predicted octanol–water partition coefficient (Wildman–Crippen LogP) is 2.71. The van der Waals surface area contributed by atoms with E-state index in [2.05, 4.69) is 22.9 Å². The van der Waals surface area contributed by atoms with E-state index in [4.69, 9.17) is 4.74 Å². The number of ketones is 1. The predicted molar refractivity (Wildman–Crippen MR) is 65.5 cm³/mol. The zero-order chi connectivity index (χ0) is 12.3. The minimum atomic E-state index is -0.598. The number of alkyl halides is 1. The highest BCUT2D eigenvalue weighted by molar-refractivity contribution is 9.10. The van der Waals surface area contributed by atoms with Gasteiger partial charge in [-0.05, 0) is 25.7 Å². The Morgan fingerprint density at radius 3 is 2.81 bits per heavy atom. The average molecular weight is 291 g/mol. The lowest BCUT2D eigenvalue weighted by molar-refractivity contribution is -0.149. The molecule has 1 rings (SSSR count). The molecule has 0 spiro atoms. The first-order valence-electron chi connectivity index (χ1n) is 5.75. The SMILES string of the molecule is CCOC(=O)C(Br)C1(C)CCC(C)CC1=O. The first kappa shape index (κ1) is 13.7. The number of halogens is 1. The molecule has 1 aliphatic rings. The third-order valence-electron chi connectivity index (χ3n) is 3.38. The van der Waals surface area contributed by atoms with Crippen LogP contribution in [0.25, 0.3) is 0 Å². The van der Waals surface area contributed by atoms with Gasteiger partial charge in [-0.15, -0.1) is 0 Å². The van der Waals surface area contributed by atoms with Crippen molar-refractivity contribution < 1.29 is 14.3 Å². The van der Waals surface area contributed by atoms with E-state index < -0.39 is 10.2 Å². The number of ether oxygens (including phenoxy) is 1. The maximum atomic E-state index is 12.0. The van der Waals surface area contributed by atoms with Crippen LogP contribution in [0.1, 0.15) is 40.0 Å². The zero-order valence-corrected chi connectivity index (χ0v) is 11.7. The number of rotatable bonds is 3. The fourth-order valence-corrected chi connectivity index (χ4v) is 2.70. The highest BCUT2D eigenvalue weighted by atomic mass is 79.9. The fourth-order valence-electron chi connectivity index (χ4n) is 2.08. The van der Waals surface area contributed by atoms with Gasteiger partial charge in [0.2, 0.25) is 0 Å². The first-order chi connectivity index (χ1) is 7.41. The number of hydrogen-bond acceptors (Lipinski definition) is 3. The van der Waals surface area contributed by atoms with Gasteiger partial charge < -0.3 is 4.74 Å². The van der Waals surface area contributed by atoms with Crippen LogP contribution in [0.3, 0.4) is 0 Å². The molecule has 0 N–H and O–H groups in total. The number of esters is 1. The molecule has 16 heavy (non-hydrogen) atoms. The van der Waals surface area contributed by atoms with Crippen molar-refractivity contribution in [3.8, 4) is 0 Å². The Bertz CT molecular complexity index is 290. The summed E-state index contributed by atoms with van der Waals surface area (Å²) in [5.74, 6) is 0.275. The van der Waals surface area contributed by atoms with Crippen molar-refractivity contribution in [2.24, 2.45) is 11.3 Å². The molecule has 0 heterocycles. The molecule has 92 valence electrons. The molecule has 4 heteroatoms. The minimum Gasteiger partial charge on any atom is -0.465 e. The van der Waals surface area contributed by atoms with E-state index in [1.807, 2.05) is 6.92 Å². The number of carbonyl (C=O) groups is 2. The van der Waals surface area contributed by atoms with E-state index in [-0.39, 0.29) is 11.8 Å². The Hall–Kier alpha value is -0.380. The molecule has 1 fully saturated rings. The van der Waals surface area contributed by atoms with Crippen molar-refractivity contribution in [1.82, 2.24) is 0 Å². The van der Waals surface area contributed by atoms with Crippen LogP contribution in [0.2, 0.25) is 0 Å². The second-order valence-electron chi connectivity index (χ2n) is 4.80. The summed E-state index contributed by atoms with van der Waals surface area (Å²) in [4.78, 5) is 23.2. The zero-order valence-electron chi connectivity index (χ0n) is 10.1. The molecular formula is C12H19BrO3. The molecule has 0 radical (unpaired) electrons. The van der Waals surface area contributed by atoms with Crippen molar-refractivity contribution in [3.63, 3.8) is 0 Å². The lowest BCUT2D eigenvalue weighted by Gasteiger charge is -2.37. The standard InChI is InChI=1S/C12H19BrO3/c1-4-16-11(15)10(13)12(3)6-5-8(2)7-9(12)14/h8,10H,4-7H2,1-3H3. The van der Waals surface area contributed by atoms with Gasteiger partial charge in [0, 0.05) is 11.8 Å². The van der Waals surface area contributed by atoms with Crippen LogP contribution >= 0.6 is 15.9 Å². The second-order valence-corrected chi connectivity index (χ2v) is 5.72. The van der Waals surface area contributed by atoms with Crippen LogP contribution in [-0.4, -0.2) is 23.2 Å². The molecule has 3 unspecified atom stereocenters. The van der Waals surface area contributed by atoms with Gasteiger partial charge in [-0.3, -0.25) is 9.59 Å². The molecular weight excluding hydrogens is 272 g/mol. The minimum absolute atomic E-state index is 0.168. The summed E-state index contributed by atoms with van der Waals surface area (Å²) in [6, 6.07) is 0. The van der Waals surface area contributed by atoms with E-state index in [9.17, 15) is 9.59 Å². The lowest BCUT2D eigenvalue weighted by Crippen LogP contribution is -2.45. The first-order valence-corrected chi connectivity index (χ1v) is 6.67. The third kappa shape index (κ3) is 2.65. The van der Waals surface area contributed by atoms with Crippen molar-refractivity contribution in [1.29, 1.82) is 0 Å². The topological polar surface area (TPSA) is 43.4 Å². The van der Waals surface area contributed by atoms with E-state index in [1.165, 1.54) is 0 Å². The molecule has 0 aromatic rings. The quantitative estimate of drug-likeness (QED) is 0.593. The highest BCUT2D eigenvalue weighted by Crippen LogP contribution is 2.41. The van der Waals surface area contributed by atoms with Crippen LogP contribution < -0.4 is 0 Å². The number of Topliss-reactive ketones (excluding diaryl/α,β-unsaturated/α-hetero) is 1. The molecule has 0 amide bonds. The summed E-state index contributed by atoms with van der Waals surface area (Å²) in [7, 11) is 0. The van der Waals surface area contributed by atoms with Gasteiger partial charge in [0.1, 0.15) is 10.6 Å². The van der Waals surface area contributed by atoms with Crippen molar-refractivity contribution in [2.75, 3.05) is 6.61 Å². The molecule has 0 aromatic carbocycles. The van der Waals surface area contributed by atoms with Gasteiger partial charge >= 0.3 is 5.97 Å². The molecule has 1 saturated carbocycles. The van der Waals surface area contributed by atoms with Gasteiger partial charge in [0.25, 0.3) is 0 Å². The van der Waals surface area contributed by atoms with E-state index in [0.29, 0.717) is 18.9 Å². The van der Waals surface area contributed by atoms with E-state index in [0.717, 1.165) is 12.8 Å². The smallest absolute Gasteiger partial charge is 0.320 e. The van der Waals surface area contributed by atoms with Gasteiger partial charge in [-0.1, -0.05) is 29.8 Å². The summed E-state index contributed by atoms with van der Waals surface area (Å²) in [5, 5.41) is 0. The van der Waals surface area contributed by atoms with E-state index >= 15 is 0 Å². The average Bonchev–Trinajstić information content (AvgIpc) is 2.23. The Morgan fingerprint density at radius 2 is 2.31 bits per heavy atom. The molecule has 3 atom stereocenters. The van der Waals surface area contributed by atoms with Crippen molar-refractivity contribution in [3.05, 3.63) is 0 Å². The monoisotopic (exact) mass is 290 g/mol. The summed E-state index contributed by atoms with van der Waals surface area (Å²) in [6.45, 7) is 6.05. The van der Waals surface area contributed by atoms with Gasteiger partial charge in [-0.25, -0.2) is 0 Å². The van der Waals surface area contributed by atoms with E-state index in [1.54, 1.807) is 6.92 Å². The second kappa shape index (κ2) is 5.30. The summed E-state index contributed by atoms with van der Waals surface area (Å²) < 4.78 is 4.96. The largest absolute Gasteiger partial charge is 0.465 e. The van der Waals surface area contributed by atoms with Crippen molar-refractivity contribution in [2.45, 2.75) is 44.9 Å². The van der Waals surface area contributed by atoms with Gasteiger partial charge in [0.15, 0.2) is 0 Å². The van der Waals surface area contributed by atoms with Crippen LogP contribution in [0.4, 0.5) is 0 Å². The van der Waals surface area contributed by atoms with Crippen LogP contribution in [0, 0.1) is 11.3 Å². The Labute approximate surface area is 105 Å². The van der Waals surface area contributed by atoms with Crippen LogP contribution in [-0.2, 0) is 14.3 Å². The third-order valence-corrected chi connectivity index (χ3v) is 4.76. The molecule has 0 aromatic heterocycles. The van der Waals surface area contributed by atoms with Crippen LogP contribution in [0.15, 0.2) is 0 Å². The molecule has 1 aliphatic carbocycles. The van der Waals surface area contributed by atoms with Crippen molar-refractivity contribution >= 4 is 27.7 Å². The molecule has 0 aliphatic heterocycles. The fraction of sp³-hybridized carbons (Fsp3) is 0.833. The summed E-state index contributed by atoms with van der Waals surface area (Å²) in [6.07, 6.45) is 2.31. The lowest BCUT2D eigenvalue weighted by atomic mass is 9.69. The maximum absolute atomic E-state index is 12.0. The molecule has 0 saturated heterocycles. The Balaban J connectivity index is 2.76. The maximum Gasteiger partial charge on any atom is 0.320 e. The summed E-state index contributed by atoms with van der Waals surface area (Å²) in [5.41, 5.74) is -0.598. The molecule has 0 bridgehead atoms. The Morgan fingerprint density at radius 1 is 1.69 bits per heavy atom. The number of hydrogen-bond donors (Lipinski definition) is 0. The van der Waals surface area contributed by atoms with Crippen LogP contribution in [0.5, 0.6) is 0 Å². The van der Waals surface area contributed by atoms with Gasteiger partial charge in [-0.2, -0.15) is 0 Å². The number of carbonyl (C=O) groups excluding carboxylic acids is 2. The van der Waals surface area contributed by atoms with Gasteiger partial charge in [0.05, 0.1) is 6.61 Å². The summed E-state index contributed by atoms with van der Waals surface area (Å²) >= 11 is 3.33. The normalized spacial score (nSPS) is 32.2. The highest BCUT2D eigenvalue weighted by Gasteiger charge is 2.46. The molecule has 3 nitrogen and oxygen atoms in total. The Kier molecular flexibility index (Phi) is 4.53.